The van der Waals surface area contributed by atoms with E-state index in [1.807, 2.05) is 0 Å². The van der Waals surface area contributed by atoms with Crippen molar-refractivity contribution in [1.82, 2.24) is 4.90 Å². The van der Waals surface area contributed by atoms with Crippen LogP contribution >= 0.6 is 27.5 Å². The zero-order valence-electron chi connectivity index (χ0n) is 5.90. The molecule has 0 fully saturated rings. The lowest BCUT2D eigenvalue weighted by Crippen LogP contribution is -2.21. The van der Waals surface area contributed by atoms with Crippen LogP contribution in [0.2, 0.25) is 0 Å². The maximum Gasteiger partial charge on any atom is 0.264 e. The van der Waals surface area contributed by atoms with Gasteiger partial charge in [0.25, 0.3) is 5.91 Å². The second kappa shape index (κ2) is 4.74. The zero-order valence-corrected chi connectivity index (χ0v) is 8.24. The highest BCUT2D eigenvalue weighted by molar-refractivity contribution is 9.09. The number of likely N-dealkylation sites (N-methyl/N-ethyl adjacent to an activating group) is 1. The zero-order chi connectivity index (χ0) is 8.15. The molecule has 0 unspecified atom stereocenters. The number of allylic oxidation sites excluding steroid dienone is 1. The Kier molecular flexibility index (Phi) is 4.73. The number of amides is 1. The minimum Gasteiger partial charge on any atom is -0.344 e. The molecular formula is C6H9BrClNO. The third-order valence-electron chi connectivity index (χ3n) is 0.867. The number of halogens is 2. The molecule has 2 nitrogen and oxygen atoms in total. The first-order chi connectivity index (χ1) is 4.59. The Balaban J connectivity index is 4.08. The summed E-state index contributed by atoms with van der Waals surface area (Å²) in [6.45, 7) is 0. The van der Waals surface area contributed by atoms with E-state index >= 15 is 0 Å². The van der Waals surface area contributed by atoms with E-state index in [2.05, 4.69) is 15.9 Å². The predicted octanol–water partition coefficient (Wildman–Crippen LogP) is 1.59. The molecule has 10 heavy (non-hydrogen) atoms. The van der Waals surface area contributed by atoms with Crippen molar-refractivity contribution in [3.63, 3.8) is 0 Å². The van der Waals surface area contributed by atoms with Gasteiger partial charge in [-0.2, -0.15) is 0 Å². The molecule has 0 aliphatic heterocycles. The van der Waals surface area contributed by atoms with Gasteiger partial charge < -0.3 is 4.90 Å². The molecule has 4 heteroatoms. The largest absolute Gasteiger partial charge is 0.344 e. The van der Waals surface area contributed by atoms with E-state index in [1.165, 1.54) is 4.90 Å². The molecule has 0 atom stereocenters. The third kappa shape index (κ3) is 3.22. The van der Waals surface area contributed by atoms with Gasteiger partial charge in [0.05, 0.1) is 0 Å². The SMILES string of the molecule is CN(C)C(=O)/C(Cl)=C\CBr. The molecule has 0 aliphatic rings. The standard InChI is InChI=1S/C6H9BrClNO/c1-9(2)6(10)5(8)3-4-7/h3H,4H2,1-2H3/b5-3+. The molecule has 0 rings (SSSR count). The van der Waals surface area contributed by atoms with Crippen LogP contribution in [0.1, 0.15) is 0 Å². The van der Waals surface area contributed by atoms with Crippen molar-refractivity contribution in [2.24, 2.45) is 0 Å². The maximum absolute atomic E-state index is 10.9. The van der Waals surface area contributed by atoms with Gasteiger partial charge in [-0.25, -0.2) is 0 Å². The molecule has 0 aromatic rings. The highest BCUT2D eigenvalue weighted by atomic mass is 79.9. The van der Waals surface area contributed by atoms with Gasteiger partial charge in [0.1, 0.15) is 5.03 Å². The van der Waals surface area contributed by atoms with E-state index in [0.29, 0.717) is 5.33 Å². The Morgan fingerprint density at radius 1 is 1.70 bits per heavy atom. The minimum atomic E-state index is -0.166. The van der Waals surface area contributed by atoms with Crippen molar-refractivity contribution in [2.45, 2.75) is 0 Å². The molecule has 58 valence electrons. The molecule has 0 aliphatic carbocycles. The summed E-state index contributed by atoms with van der Waals surface area (Å²) in [5.74, 6) is -0.166. The smallest absolute Gasteiger partial charge is 0.264 e. The fourth-order valence-corrected chi connectivity index (χ4v) is 1.12. The first kappa shape index (κ1) is 9.98. The van der Waals surface area contributed by atoms with E-state index in [0.717, 1.165) is 0 Å². The molecule has 1 amide bonds. The van der Waals surface area contributed by atoms with Gasteiger partial charge in [-0.05, 0) is 6.08 Å². The average Bonchev–Trinajstić information content (AvgIpc) is 1.87. The Hall–Kier alpha value is -0.0200. The lowest BCUT2D eigenvalue weighted by Gasteiger charge is -2.07. The van der Waals surface area contributed by atoms with Gasteiger partial charge in [-0.1, -0.05) is 27.5 Å². The highest BCUT2D eigenvalue weighted by Gasteiger charge is 2.06. The molecule has 0 radical (unpaired) electrons. The monoisotopic (exact) mass is 225 g/mol. The molecule has 0 N–H and O–H groups in total. The second-order valence-electron chi connectivity index (χ2n) is 1.91. The van der Waals surface area contributed by atoms with E-state index in [1.54, 1.807) is 20.2 Å². The summed E-state index contributed by atoms with van der Waals surface area (Å²) in [6.07, 6.45) is 1.61. The van der Waals surface area contributed by atoms with Crippen LogP contribution in [0.4, 0.5) is 0 Å². The van der Waals surface area contributed by atoms with Gasteiger partial charge >= 0.3 is 0 Å². The minimum absolute atomic E-state index is 0.166. The molecule has 0 spiro atoms. The van der Waals surface area contributed by atoms with Crippen molar-refractivity contribution < 1.29 is 4.79 Å². The summed E-state index contributed by atoms with van der Waals surface area (Å²) in [7, 11) is 3.32. The fourth-order valence-electron chi connectivity index (χ4n) is 0.369. The molecule has 0 heterocycles. The predicted molar refractivity (Wildman–Crippen MR) is 46.4 cm³/mol. The lowest BCUT2D eigenvalue weighted by atomic mass is 10.5. The van der Waals surface area contributed by atoms with Crippen molar-refractivity contribution in [2.75, 3.05) is 19.4 Å². The Bertz CT molecular complexity index is 156. The van der Waals surface area contributed by atoms with Crippen molar-refractivity contribution in [1.29, 1.82) is 0 Å². The van der Waals surface area contributed by atoms with Crippen LogP contribution in [0.5, 0.6) is 0 Å². The van der Waals surface area contributed by atoms with Crippen molar-refractivity contribution in [3.8, 4) is 0 Å². The van der Waals surface area contributed by atoms with E-state index in [-0.39, 0.29) is 10.9 Å². The van der Waals surface area contributed by atoms with E-state index < -0.39 is 0 Å². The van der Waals surface area contributed by atoms with Gasteiger partial charge in [0.2, 0.25) is 0 Å². The van der Waals surface area contributed by atoms with Crippen LogP contribution in [0, 0.1) is 0 Å². The number of carbonyl (C=O) groups is 1. The number of rotatable bonds is 2. The number of carbonyl (C=O) groups excluding carboxylic acids is 1. The Morgan fingerprint density at radius 2 is 2.20 bits per heavy atom. The lowest BCUT2D eigenvalue weighted by molar-refractivity contribution is -0.124. The van der Waals surface area contributed by atoms with Gasteiger partial charge in [0.15, 0.2) is 0 Å². The fraction of sp³-hybridized carbons (Fsp3) is 0.500. The number of hydrogen-bond acceptors (Lipinski definition) is 1. The molecular weight excluding hydrogens is 217 g/mol. The van der Waals surface area contributed by atoms with E-state index in [9.17, 15) is 4.79 Å². The number of hydrogen-bond donors (Lipinski definition) is 0. The van der Waals surface area contributed by atoms with Crippen LogP contribution in [0.3, 0.4) is 0 Å². The molecule has 0 saturated carbocycles. The average molecular weight is 227 g/mol. The van der Waals surface area contributed by atoms with Crippen LogP contribution in [-0.4, -0.2) is 30.2 Å². The molecule has 0 aromatic carbocycles. The third-order valence-corrected chi connectivity index (χ3v) is 1.51. The van der Waals surface area contributed by atoms with E-state index in [4.69, 9.17) is 11.6 Å². The van der Waals surface area contributed by atoms with Crippen molar-refractivity contribution >= 4 is 33.4 Å². The summed E-state index contributed by atoms with van der Waals surface area (Å²) < 4.78 is 0. The second-order valence-corrected chi connectivity index (χ2v) is 2.96. The quantitative estimate of drug-likeness (QED) is 0.517. The van der Waals surface area contributed by atoms with Crippen LogP contribution in [0.25, 0.3) is 0 Å². The maximum atomic E-state index is 10.9. The van der Waals surface area contributed by atoms with Gasteiger partial charge in [0, 0.05) is 19.4 Å². The number of alkyl halides is 1. The topological polar surface area (TPSA) is 20.3 Å². The molecule has 0 bridgehead atoms. The Morgan fingerprint density at radius 3 is 2.50 bits per heavy atom. The normalized spacial score (nSPS) is 11.4. The molecule has 0 saturated heterocycles. The first-order valence-corrected chi connectivity index (χ1v) is 4.22. The van der Waals surface area contributed by atoms with Crippen LogP contribution in [-0.2, 0) is 4.79 Å². The van der Waals surface area contributed by atoms with Crippen LogP contribution < -0.4 is 0 Å². The molecule has 0 aromatic heterocycles. The summed E-state index contributed by atoms with van der Waals surface area (Å²) in [5.41, 5.74) is 0. The summed E-state index contributed by atoms with van der Waals surface area (Å²) in [4.78, 5) is 12.4. The summed E-state index contributed by atoms with van der Waals surface area (Å²) in [6, 6.07) is 0. The van der Waals surface area contributed by atoms with Gasteiger partial charge in [-0.3, -0.25) is 4.79 Å². The van der Waals surface area contributed by atoms with Crippen molar-refractivity contribution in [3.05, 3.63) is 11.1 Å². The van der Waals surface area contributed by atoms with Crippen LogP contribution in [0.15, 0.2) is 11.1 Å². The van der Waals surface area contributed by atoms with Gasteiger partial charge in [-0.15, -0.1) is 0 Å². The Labute approximate surface area is 74.0 Å². The number of nitrogens with zero attached hydrogens (tertiary/aromatic N) is 1. The summed E-state index contributed by atoms with van der Waals surface area (Å²) in [5, 5.41) is 0.854. The summed E-state index contributed by atoms with van der Waals surface area (Å²) >= 11 is 8.70. The first-order valence-electron chi connectivity index (χ1n) is 2.73. The highest BCUT2D eigenvalue weighted by Crippen LogP contribution is 2.04.